The number of rotatable bonds is 6. The third-order valence-corrected chi connectivity index (χ3v) is 4.95. The van der Waals surface area contributed by atoms with Crippen LogP contribution in [0.15, 0.2) is 17.5 Å². The molecule has 0 saturated carbocycles. The molecule has 1 aromatic rings. The van der Waals surface area contributed by atoms with E-state index in [1.807, 2.05) is 17.5 Å². The van der Waals surface area contributed by atoms with Crippen LogP contribution in [0.25, 0.3) is 0 Å². The SMILES string of the molecule is O=C(O)CCN1CCCCC[C@H]1C[C@H](O)c1cccs1. The molecular formula is C15H23NO3S. The van der Waals surface area contributed by atoms with E-state index in [0.29, 0.717) is 19.0 Å². The summed E-state index contributed by atoms with van der Waals surface area (Å²) in [4.78, 5) is 14.0. The van der Waals surface area contributed by atoms with E-state index in [1.54, 1.807) is 11.3 Å². The predicted molar refractivity (Wildman–Crippen MR) is 80.0 cm³/mol. The summed E-state index contributed by atoms with van der Waals surface area (Å²) >= 11 is 1.58. The van der Waals surface area contributed by atoms with Gasteiger partial charge in [0, 0.05) is 17.5 Å². The molecule has 0 unspecified atom stereocenters. The number of carbonyl (C=O) groups is 1. The maximum absolute atomic E-state index is 10.8. The molecule has 0 aromatic carbocycles. The second-order valence-electron chi connectivity index (χ2n) is 5.45. The van der Waals surface area contributed by atoms with Crippen LogP contribution in [0, 0.1) is 0 Å². The van der Waals surface area contributed by atoms with Crippen LogP contribution in [0.2, 0.25) is 0 Å². The van der Waals surface area contributed by atoms with E-state index in [1.165, 1.54) is 12.8 Å². The minimum Gasteiger partial charge on any atom is -0.481 e. The number of likely N-dealkylation sites (tertiary alicyclic amines) is 1. The molecule has 1 saturated heterocycles. The van der Waals surface area contributed by atoms with Gasteiger partial charge >= 0.3 is 5.97 Å². The Balaban J connectivity index is 1.95. The molecule has 0 spiro atoms. The summed E-state index contributed by atoms with van der Waals surface area (Å²) in [7, 11) is 0. The Morgan fingerprint density at radius 3 is 3.00 bits per heavy atom. The van der Waals surface area contributed by atoms with Gasteiger partial charge in [-0.3, -0.25) is 9.69 Å². The molecule has 0 aliphatic carbocycles. The van der Waals surface area contributed by atoms with Gasteiger partial charge in [0.1, 0.15) is 0 Å². The van der Waals surface area contributed by atoms with Crippen molar-refractivity contribution in [2.24, 2.45) is 0 Å². The van der Waals surface area contributed by atoms with Gasteiger partial charge in [-0.25, -0.2) is 0 Å². The van der Waals surface area contributed by atoms with Gasteiger partial charge in [-0.05, 0) is 37.3 Å². The molecule has 0 amide bonds. The van der Waals surface area contributed by atoms with Crippen LogP contribution in [0.3, 0.4) is 0 Å². The third kappa shape index (κ3) is 4.58. The number of aliphatic hydroxyl groups is 1. The van der Waals surface area contributed by atoms with Gasteiger partial charge < -0.3 is 10.2 Å². The Bertz CT molecular complexity index is 407. The van der Waals surface area contributed by atoms with Crippen molar-refractivity contribution < 1.29 is 15.0 Å². The summed E-state index contributed by atoms with van der Waals surface area (Å²) in [5.74, 6) is -0.744. The molecule has 0 radical (unpaired) electrons. The van der Waals surface area contributed by atoms with Crippen molar-refractivity contribution in [2.45, 2.75) is 50.7 Å². The predicted octanol–water partition coefficient (Wildman–Crippen LogP) is 2.89. The number of aliphatic carboxylic acids is 1. The van der Waals surface area contributed by atoms with Crippen LogP contribution in [-0.2, 0) is 4.79 Å². The first-order valence-electron chi connectivity index (χ1n) is 7.34. The molecule has 1 aliphatic rings. The van der Waals surface area contributed by atoms with Gasteiger partial charge in [-0.2, -0.15) is 0 Å². The monoisotopic (exact) mass is 297 g/mol. The fourth-order valence-corrected chi connectivity index (χ4v) is 3.62. The number of carboxylic acid groups (broad SMARTS) is 1. The first kappa shape index (κ1) is 15.5. The lowest BCUT2D eigenvalue weighted by molar-refractivity contribution is -0.137. The number of aliphatic hydroxyl groups excluding tert-OH is 1. The van der Waals surface area contributed by atoms with E-state index in [4.69, 9.17) is 5.11 Å². The standard InChI is InChI=1S/C15H23NO3S/c17-13(14-6-4-10-20-14)11-12-5-2-1-3-8-16(12)9-7-15(18)19/h4,6,10,12-13,17H,1-3,5,7-9,11H2,(H,18,19)/t12-,13-/m0/s1. The number of nitrogens with zero attached hydrogens (tertiary/aromatic N) is 1. The van der Waals surface area contributed by atoms with E-state index in [0.717, 1.165) is 24.3 Å². The highest BCUT2D eigenvalue weighted by Gasteiger charge is 2.24. The van der Waals surface area contributed by atoms with E-state index in [2.05, 4.69) is 4.90 Å². The molecule has 5 heteroatoms. The normalized spacial score (nSPS) is 22.4. The molecule has 4 nitrogen and oxygen atoms in total. The summed E-state index contributed by atoms with van der Waals surface area (Å²) in [6, 6.07) is 4.22. The van der Waals surface area contributed by atoms with Gasteiger partial charge in [0.2, 0.25) is 0 Å². The van der Waals surface area contributed by atoms with Crippen LogP contribution in [-0.4, -0.2) is 40.2 Å². The van der Waals surface area contributed by atoms with Crippen molar-refractivity contribution in [3.8, 4) is 0 Å². The smallest absolute Gasteiger partial charge is 0.304 e. The molecule has 1 aliphatic heterocycles. The topological polar surface area (TPSA) is 60.8 Å². The summed E-state index contributed by atoms with van der Waals surface area (Å²) < 4.78 is 0. The van der Waals surface area contributed by atoms with Crippen molar-refractivity contribution in [1.82, 2.24) is 4.90 Å². The summed E-state index contributed by atoms with van der Waals surface area (Å²) in [5.41, 5.74) is 0. The summed E-state index contributed by atoms with van der Waals surface area (Å²) in [6.07, 6.45) is 5.03. The van der Waals surface area contributed by atoms with Crippen LogP contribution in [0.1, 0.15) is 49.5 Å². The molecule has 1 aromatic heterocycles. The van der Waals surface area contributed by atoms with E-state index in [-0.39, 0.29) is 6.42 Å². The molecule has 2 atom stereocenters. The van der Waals surface area contributed by atoms with E-state index >= 15 is 0 Å². The minimum absolute atomic E-state index is 0.186. The van der Waals surface area contributed by atoms with E-state index < -0.39 is 12.1 Å². The van der Waals surface area contributed by atoms with Crippen LogP contribution >= 0.6 is 11.3 Å². The van der Waals surface area contributed by atoms with Gasteiger partial charge in [0.05, 0.1) is 12.5 Å². The zero-order valence-corrected chi connectivity index (χ0v) is 12.5. The van der Waals surface area contributed by atoms with Crippen LogP contribution < -0.4 is 0 Å². The average Bonchev–Trinajstić information content (AvgIpc) is 2.86. The molecule has 112 valence electrons. The number of hydrogen-bond acceptors (Lipinski definition) is 4. The Morgan fingerprint density at radius 2 is 2.30 bits per heavy atom. The Hall–Kier alpha value is -0.910. The van der Waals surface area contributed by atoms with Crippen molar-refractivity contribution in [2.75, 3.05) is 13.1 Å². The van der Waals surface area contributed by atoms with Gasteiger partial charge in [0.15, 0.2) is 0 Å². The molecule has 1 fully saturated rings. The third-order valence-electron chi connectivity index (χ3n) is 3.98. The molecule has 0 bridgehead atoms. The molecule has 2 heterocycles. The highest BCUT2D eigenvalue weighted by atomic mass is 32.1. The number of hydrogen-bond donors (Lipinski definition) is 2. The molecular weight excluding hydrogens is 274 g/mol. The number of thiophene rings is 1. The zero-order valence-electron chi connectivity index (χ0n) is 11.7. The number of carboxylic acids is 1. The van der Waals surface area contributed by atoms with Gasteiger partial charge in [-0.1, -0.05) is 18.9 Å². The molecule has 2 rings (SSSR count). The summed E-state index contributed by atoms with van der Waals surface area (Å²) in [5, 5.41) is 21.2. The van der Waals surface area contributed by atoms with Gasteiger partial charge in [-0.15, -0.1) is 11.3 Å². The van der Waals surface area contributed by atoms with Crippen LogP contribution in [0.5, 0.6) is 0 Å². The quantitative estimate of drug-likeness (QED) is 0.847. The fraction of sp³-hybridized carbons (Fsp3) is 0.667. The van der Waals surface area contributed by atoms with Crippen molar-refractivity contribution in [3.63, 3.8) is 0 Å². The minimum atomic E-state index is -0.744. The lowest BCUT2D eigenvalue weighted by Crippen LogP contribution is -2.37. The second kappa shape index (κ2) is 7.76. The first-order valence-corrected chi connectivity index (χ1v) is 8.22. The van der Waals surface area contributed by atoms with Crippen molar-refractivity contribution >= 4 is 17.3 Å². The lowest BCUT2D eigenvalue weighted by Gasteiger charge is -2.30. The Morgan fingerprint density at radius 1 is 1.45 bits per heavy atom. The first-order chi connectivity index (χ1) is 9.66. The average molecular weight is 297 g/mol. The lowest BCUT2D eigenvalue weighted by atomic mass is 10.0. The highest BCUT2D eigenvalue weighted by molar-refractivity contribution is 7.10. The van der Waals surface area contributed by atoms with Crippen LogP contribution in [0.4, 0.5) is 0 Å². The highest BCUT2D eigenvalue weighted by Crippen LogP contribution is 2.28. The molecule has 2 N–H and O–H groups in total. The fourth-order valence-electron chi connectivity index (χ4n) is 2.89. The van der Waals surface area contributed by atoms with Crippen molar-refractivity contribution in [3.05, 3.63) is 22.4 Å². The van der Waals surface area contributed by atoms with Crippen molar-refractivity contribution in [1.29, 1.82) is 0 Å². The second-order valence-corrected chi connectivity index (χ2v) is 6.43. The Kier molecular flexibility index (Phi) is 6.01. The van der Waals surface area contributed by atoms with E-state index in [9.17, 15) is 9.90 Å². The largest absolute Gasteiger partial charge is 0.481 e. The molecule has 20 heavy (non-hydrogen) atoms. The maximum atomic E-state index is 10.8. The van der Waals surface area contributed by atoms with Gasteiger partial charge in [0.25, 0.3) is 0 Å². The Labute approximate surface area is 124 Å². The maximum Gasteiger partial charge on any atom is 0.304 e. The summed E-state index contributed by atoms with van der Waals surface area (Å²) in [6.45, 7) is 1.55. The zero-order chi connectivity index (χ0) is 14.4.